The summed E-state index contributed by atoms with van der Waals surface area (Å²) in [6.45, 7) is 4.76. The minimum Gasteiger partial charge on any atom is -0.493 e. The maximum absolute atomic E-state index is 14.0. The first-order valence-electron chi connectivity index (χ1n) is 10.8. The van der Waals surface area contributed by atoms with E-state index in [-0.39, 0.29) is 17.5 Å². The standard InChI is InChI=1S/C24H29F2N3O2/c1-15-6-7-17(22(10-15)31-14-16-8-9-30-13-16)12-28-24(27-2)29-21-11-18(21)23-19(25)4-3-5-20(23)26/h3-7,10,16,18,21H,8-9,11-14H2,1-2H3,(H2,27,28,29). The molecule has 2 aromatic rings. The van der Waals surface area contributed by atoms with Crippen molar-refractivity contribution in [2.24, 2.45) is 10.9 Å². The SMILES string of the molecule is CN=C(NCc1ccc(C)cc1OCC1CCOC1)NC1CC1c1c(F)cccc1F. The van der Waals surface area contributed by atoms with Gasteiger partial charge in [-0.05, 0) is 43.5 Å². The average Bonchev–Trinajstić information content (AvgIpc) is 3.28. The van der Waals surface area contributed by atoms with Gasteiger partial charge in [0.05, 0.1) is 13.2 Å². The molecule has 2 N–H and O–H groups in total. The molecule has 0 radical (unpaired) electrons. The van der Waals surface area contributed by atoms with Gasteiger partial charge in [-0.2, -0.15) is 0 Å². The van der Waals surface area contributed by atoms with Gasteiger partial charge in [-0.1, -0.05) is 18.2 Å². The molecule has 5 nitrogen and oxygen atoms in total. The van der Waals surface area contributed by atoms with Crippen molar-refractivity contribution in [2.45, 2.75) is 38.3 Å². The van der Waals surface area contributed by atoms with Gasteiger partial charge in [-0.3, -0.25) is 4.99 Å². The van der Waals surface area contributed by atoms with Gasteiger partial charge in [0.25, 0.3) is 0 Å². The monoisotopic (exact) mass is 429 g/mol. The number of guanidine groups is 1. The van der Waals surface area contributed by atoms with E-state index >= 15 is 0 Å². The number of rotatable bonds is 7. The van der Waals surface area contributed by atoms with Crippen LogP contribution in [0.15, 0.2) is 41.4 Å². The molecule has 1 saturated carbocycles. The number of nitrogens with zero attached hydrogens (tertiary/aromatic N) is 1. The minimum atomic E-state index is -0.494. The molecule has 0 amide bonds. The molecule has 31 heavy (non-hydrogen) atoms. The van der Waals surface area contributed by atoms with Crippen LogP contribution in [0.2, 0.25) is 0 Å². The first kappa shape index (κ1) is 21.6. The molecule has 0 aromatic heterocycles. The van der Waals surface area contributed by atoms with Crippen molar-refractivity contribution < 1.29 is 18.3 Å². The fourth-order valence-electron chi connectivity index (χ4n) is 3.95. The molecule has 1 saturated heterocycles. The number of hydrogen-bond donors (Lipinski definition) is 2. The van der Waals surface area contributed by atoms with E-state index in [1.807, 2.05) is 19.1 Å². The maximum atomic E-state index is 14.0. The van der Waals surface area contributed by atoms with Crippen molar-refractivity contribution in [3.05, 3.63) is 64.7 Å². The molecule has 166 valence electrons. The van der Waals surface area contributed by atoms with E-state index < -0.39 is 11.6 Å². The fraction of sp³-hybridized carbons (Fsp3) is 0.458. The van der Waals surface area contributed by atoms with E-state index in [1.54, 1.807) is 7.05 Å². The van der Waals surface area contributed by atoms with Gasteiger partial charge in [0.15, 0.2) is 5.96 Å². The van der Waals surface area contributed by atoms with E-state index in [0.717, 1.165) is 36.5 Å². The third kappa shape index (κ3) is 5.34. The number of aryl methyl sites for hydroxylation is 1. The largest absolute Gasteiger partial charge is 0.493 e. The zero-order valence-corrected chi connectivity index (χ0v) is 18.0. The van der Waals surface area contributed by atoms with Gasteiger partial charge >= 0.3 is 0 Å². The van der Waals surface area contributed by atoms with Gasteiger partial charge in [-0.25, -0.2) is 8.78 Å². The van der Waals surface area contributed by atoms with Gasteiger partial charge in [-0.15, -0.1) is 0 Å². The van der Waals surface area contributed by atoms with Crippen molar-refractivity contribution in [2.75, 3.05) is 26.9 Å². The Bertz CT molecular complexity index is 924. The summed E-state index contributed by atoms with van der Waals surface area (Å²) in [5.74, 6) is 0.707. The van der Waals surface area contributed by atoms with Crippen LogP contribution >= 0.6 is 0 Å². The molecule has 4 rings (SSSR count). The summed E-state index contributed by atoms with van der Waals surface area (Å²) >= 11 is 0. The summed E-state index contributed by atoms with van der Waals surface area (Å²) in [6.07, 6.45) is 1.70. The quantitative estimate of drug-likeness (QED) is 0.518. The lowest BCUT2D eigenvalue weighted by Gasteiger charge is -2.17. The van der Waals surface area contributed by atoms with Gasteiger partial charge in [0, 0.05) is 49.2 Å². The topological polar surface area (TPSA) is 54.9 Å². The van der Waals surface area contributed by atoms with Crippen molar-refractivity contribution in [3.63, 3.8) is 0 Å². The Morgan fingerprint density at radius 1 is 1.23 bits per heavy atom. The Kier molecular flexibility index (Phi) is 6.70. The zero-order valence-electron chi connectivity index (χ0n) is 18.0. The molecule has 3 atom stereocenters. The number of aliphatic imine (C=N–C) groups is 1. The van der Waals surface area contributed by atoms with Crippen LogP contribution < -0.4 is 15.4 Å². The molecule has 7 heteroatoms. The lowest BCUT2D eigenvalue weighted by Crippen LogP contribution is -2.38. The first-order valence-corrected chi connectivity index (χ1v) is 10.8. The molecular formula is C24H29F2N3O2. The van der Waals surface area contributed by atoms with Crippen molar-refractivity contribution in [3.8, 4) is 5.75 Å². The highest BCUT2D eigenvalue weighted by Gasteiger charge is 2.42. The number of benzene rings is 2. The van der Waals surface area contributed by atoms with E-state index in [0.29, 0.717) is 31.4 Å². The highest BCUT2D eigenvalue weighted by Crippen LogP contribution is 2.43. The van der Waals surface area contributed by atoms with Crippen LogP contribution in [-0.4, -0.2) is 38.9 Å². The van der Waals surface area contributed by atoms with Crippen LogP contribution in [-0.2, 0) is 11.3 Å². The number of ether oxygens (including phenoxy) is 2. The second-order valence-corrected chi connectivity index (χ2v) is 8.31. The van der Waals surface area contributed by atoms with Gasteiger partial charge in [0.2, 0.25) is 0 Å². The van der Waals surface area contributed by atoms with E-state index in [4.69, 9.17) is 9.47 Å². The van der Waals surface area contributed by atoms with Crippen molar-refractivity contribution in [1.29, 1.82) is 0 Å². The summed E-state index contributed by atoms with van der Waals surface area (Å²) in [5.41, 5.74) is 2.32. The van der Waals surface area contributed by atoms with Crippen LogP contribution in [0.5, 0.6) is 5.75 Å². The Balaban J connectivity index is 1.34. The molecule has 2 aliphatic rings. The third-order valence-electron chi connectivity index (χ3n) is 5.87. The van der Waals surface area contributed by atoms with Crippen molar-refractivity contribution in [1.82, 2.24) is 10.6 Å². The lowest BCUT2D eigenvalue weighted by molar-refractivity contribution is 0.166. The maximum Gasteiger partial charge on any atom is 0.191 e. The second-order valence-electron chi connectivity index (χ2n) is 8.31. The van der Waals surface area contributed by atoms with Gasteiger partial charge in [0.1, 0.15) is 17.4 Å². The Morgan fingerprint density at radius 2 is 2.03 bits per heavy atom. The van der Waals surface area contributed by atoms with Crippen LogP contribution in [0.4, 0.5) is 8.78 Å². The Morgan fingerprint density at radius 3 is 2.74 bits per heavy atom. The highest BCUT2D eigenvalue weighted by atomic mass is 19.1. The Hall–Kier alpha value is -2.67. The predicted molar refractivity (Wildman–Crippen MR) is 116 cm³/mol. The summed E-state index contributed by atoms with van der Waals surface area (Å²) in [5, 5.41) is 6.56. The predicted octanol–water partition coefficient (Wildman–Crippen LogP) is 3.91. The second kappa shape index (κ2) is 9.64. The third-order valence-corrected chi connectivity index (χ3v) is 5.87. The average molecular weight is 430 g/mol. The normalized spacial score (nSPS) is 23.0. The van der Waals surface area contributed by atoms with Crippen molar-refractivity contribution >= 4 is 5.96 Å². The summed E-state index contributed by atoms with van der Waals surface area (Å²) in [7, 11) is 1.68. The van der Waals surface area contributed by atoms with E-state index in [1.165, 1.54) is 18.2 Å². The van der Waals surface area contributed by atoms with Crippen LogP contribution in [0.1, 0.15) is 35.4 Å². The highest BCUT2D eigenvalue weighted by molar-refractivity contribution is 5.80. The zero-order chi connectivity index (χ0) is 21.8. The van der Waals surface area contributed by atoms with Crippen LogP contribution in [0.25, 0.3) is 0 Å². The molecule has 2 fully saturated rings. The van der Waals surface area contributed by atoms with Gasteiger partial charge < -0.3 is 20.1 Å². The molecular weight excluding hydrogens is 400 g/mol. The summed E-state index contributed by atoms with van der Waals surface area (Å²) < 4.78 is 39.6. The molecule has 0 bridgehead atoms. The number of hydrogen-bond acceptors (Lipinski definition) is 3. The van der Waals surface area contributed by atoms with Crippen LogP contribution in [0, 0.1) is 24.5 Å². The summed E-state index contributed by atoms with van der Waals surface area (Å²) in [6, 6.07) is 10.1. The molecule has 1 aliphatic heterocycles. The first-order chi connectivity index (χ1) is 15.0. The smallest absolute Gasteiger partial charge is 0.191 e. The number of halogens is 2. The molecule has 2 aromatic carbocycles. The lowest BCUT2D eigenvalue weighted by atomic mass is 10.1. The molecule has 1 aliphatic carbocycles. The van der Waals surface area contributed by atoms with E-state index in [2.05, 4.69) is 21.7 Å². The molecule has 0 spiro atoms. The van der Waals surface area contributed by atoms with E-state index in [9.17, 15) is 8.78 Å². The minimum absolute atomic E-state index is 0.0475. The van der Waals surface area contributed by atoms with Crippen LogP contribution in [0.3, 0.4) is 0 Å². The fourth-order valence-corrected chi connectivity index (χ4v) is 3.95. The summed E-state index contributed by atoms with van der Waals surface area (Å²) in [4.78, 5) is 4.26. The Labute approximate surface area is 181 Å². The number of nitrogens with one attached hydrogen (secondary N) is 2. The molecule has 3 unspecified atom stereocenters. The molecule has 1 heterocycles.